The molecule has 0 aliphatic heterocycles. The Labute approximate surface area is 156 Å². The third-order valence-corrected chi connectivity index (χ3v) is 4.08. The summed E-state index contributed by atoms with van der Waals surface area (Å²) in [6, 6.07) is 12.7. The minimum atomic E-state index is -0.308. The highest BCUT2D eigenvalue weighted by Gasteiger charge is 2.09. The van der Waals surface area contributed by atoms with Crippen LogP contribution in [0.2, 0.25) is 5.02 Å². The van der Waals surface area contributed by atoms with Gasteiger partial charge in [-0.2, -0.15) is 0 Å². The van der Waals surface area contributed by atoms with Crippen LogP contribution in [0.3, 0.4) is 0 Å². The van der Waals surface area contributed by atoms with E-state index >= 15 is 0 Å². The fraction of sp³-hybridized carbons (Fsp3) is 0.105. The second kappa shape index (κ2) is 7.84. The molecule has 26 heavy (non-hydrogen) atoms. The number of carbonyl (C=O) groups excluding carboxylic acids is 1. The zero-order valence-corrected chi connectivity index (χ0v) is 15.0. The van der Waals surface area contributed by atoms with E-state index in [2.05, 4.69) is 20.6 Å². The van der Waals surface area contributed by atoms with Crippen molar-refractivity contribution >= 4 is 34.8 Å². The van der Waals surface area contributed by atoms with Crippen LogP contribution in [0.15, 0.2) is 54.9 Å². The number of benzene rings is 2. The van der Waals surface area contributed by atoms with Gasteiger partial charge in [0.1, 0.15) is 5.75 Å². The number of amides is 1. The monoisotopic (exact) mass is 368 g/mol. The van der Waals surface area contributed by atoms with E-state index in [-0.39, 0.29) is 5.91 Å². The number of nitrogens with zero attached hydrogens (tertiary/aromatic N) is 2. The summed E-state index contributed by atoms with van der Waals surface area (Å²) in [6.45, 7) is 1.90. The van der Waals surface area contributed by atoms with Gasteiger partial charge < -0.3 is 15.4 Å². The Hall–Kier alpha value is -3.12. The molecule has 6 nitrogen and oxygen atoms in total. The number of nitrogens with one attached hydrogen (secondary N) is 2. The van der Waals surface area contributed by atoms with Crippen molar-refractivity contribution in [3.05, 3.63) is 71.0 Å². The van der Waals surface area contributed by atoms with Crippen LogP contribution in [-0.2, 0) is 0 Å². The van der Waals surface area contributed by atoms with Gasteiger partial charge in [0.15, 0.2) is 0 Å². The van der Waals surface area contributed by atoms with Crippen molar-refractivity contribution in [1.29, 1.82) is 0 Å². The quantitative estimate of drug-likeness (QED) is 0.696. The molecule has 2 N–H and O–H groups in total. The number of carbonyl (C=O) groups is 1. The second-order valence-electron chi connectivity index (χ2n) is 5.57. The van der Waals surface area contributed by atoms with Gasteiger partial charge in [-0.15, -0.1) is 0 Å². The van der Waals surface area contributed by atoms with Crippen molar-refractivity contribution in [2.75, 3.05) is 17.7 Å². The number of rotatable bonds is 5. The van der Waals surface area contributed by atoms with Gasteiger partial charge in [0.25, 0.3) is 5.91 Å². The minimum Gasteiger partial charge on any atom is -0.497 e. The normalized spacial score (nSPS) is 10.3. The van der Waals surface area contributed by atoms with Crippen molar-refractivity contribution in [1.82, 2.24) is 9.97 Å². The second-order valence-corrected chi connectivity index (χ2v) is 5.98. The van der Waals surface area contributed by atoms with Gasteiger partial charge in [-0.05, 0) is 36.8 Å². The highest BCUT2D eigenvalue weighted by Crippen LogP contribution is 2.21. The number of aryl methyl sites for hydroxylation is 1. The first-order chi connectivity index (χ1) is 12.5. The lowest BCUT2D eigenvalue weighted by atomic mass is 10.2. The summed E-state index contributed by atoms with van der Waals surface area (Å²) < 4.78 is 5.17. The number of anilines is 3. The molecule has 3 rings (SSSR count). The average Bonchev–Trinajstić information content (AvgIpc) is 2.65. The van der Waals surface area contributed by atoms with E-state index < -0.39 is 0 Å². The van der Waals surface area contributed by atoms with Crippen molar-refractivity contribution in [2.45, 2.75) is 6.92 Å². The molecule has 1 heterocycles. The van der Waals surface area contributed by atoms with E-state index in [0.717, 1.165) is 17.0 Å². The zero-order chi connectivity index (χ0) is 18.5. The lowest BCUT2D eigenvalue weighted by Gasteiger charge is -2.08. The predicted molar refractivity (Wildman–Crippen MR) is 102 cm³/mol. The summed E-state index contributed by atoms with van der Waals surface area (Å²) >= 11 is 6.07. The molecule has 0 spiro atoms. The highest BCUT2D eigenvalue weighted by atomic mass is 35.5. The molecule has 3 aromatic rings. The van der Waals surface area contributed by atoms with Crippen LogP contribution in [0.1, 0.15) is 15.9 Å². The van der Waals surface area contributed by atoms with Crippen molar-refractivity contribution in [2.24, 2.45) is 0 Å². The number of ether oxygens (including phenoxy) is 1. The molecule has 1 aromatic heterocycles. The fourth-order valence-electron chi connectivity index (χ4n) is 2.21. The molecule has 0 bridgehead atoms. The van der Waals surface area contributed by atoms with Crippen LogP contribution in [0.5, 0.6) is 5.75 Å². The van der Waals surface area contributed by atoms with E-state index in [1.807, 2.05) is 37.3 Å². The van der Waals surface area contributed by atoms with Crippen LogP contribution in [-0.4, -0.2) is 23.0 Å². The molecule has 0 radical (unpaired) electrons. The molecule has 2 aromatic carbocycles. The molecule has 0 saturated heterocycles. The molecular formula is C19H17ClN4O2. The molecule has 0 fully saturated rings. The molecule has 0 aliphatic carbocycles. The summed E-state index contributed by atoms with van der Waals surface area (Å²) in [4.78, 5) is 20.6. The molecule has 132 valence electrons. The molecule has 0 unspecified atom stereocenters. The van der Waals surface area contributed by atoms with E-state index in [4.69, 9.17) is 16.3 Å². The number of aromatic nitrogens is 2. The van der Waals surface area contributed by atoms with E-state index in [9.17, 15) is 4.79 Å². The average molecular weight is 369 g/mol. The first-order valence-electron chi connectivity index (χ1n) is 7.86. The van der Waals surface area contributed by atoms with Crippen LogP contribution in [0.25, 0.3) is 0 Å². The SMILES string of the molecule is COc1cccc(Nc2ncc(C(=O)Nc3ccc(C)c(Cl)c3)cn2)c1. The molecule has 0 saturated carbocycles. The standard InChI is InChI=1S/C19H17ClN4O2/c1-12-6-7-15(9-17(12)20)23-18(25)13-10-21-19(22-11-13)24-14-4-3-5-16(8-14)26-2/h3-11H,1-2H3,(H,23,25)(H,21,22,24). The van der Waals surface area contributed by atoms with E-state index in [1.165, 1.54) is 12.4 Å². The maximum atomic E-state index is 12.3. The first-order valence-corrected chi connectivity index (χ1v) is 8.23. The lowest BCUT2D eigenvalue weighted by molar-refractivity contribution is 0.102. The lowest BCUT2D eigenvalue weighted by Crippen LogP contribution is -2.13. The largest absolute Gasteiger partial charge is 0.497 e. The van der Waals surface area contributed by atoms with Crippen LogP contribution in [0.4, 0.5) is 17.3 Å². The summed E-state index contributed by atoms with van der Waals surface area (Å²) in [5.74, 6) is 0.800. The van der Waals surface area contributed by atoms with Crippen LogP contribution < -0.4 is 15.4 Å². The third-order valence-electron chi connectivity index (χ3n) is 3.67. The molecule has 7 heteroatoms. The Morgan fingerprint density at radius 3 is 2.54 bits per heavy atom. The molecular weight excluding hydrogens is 352 g/mol. The molecule has 1 amide bonds. The van der Waals surface area contributed by atoms with E-state index in [0.29, 0.717) is 22.2 Å². The minimum absolute atomic E-state index is 0.308. The van der Waals surface area contributed by atoms with E-state index in [1.54, 1.807) is 19.2 Å². The number of hydrogen-bond acceptors (Lipinski definition) is 5. The number of methoxy groups -OCH3 is 1. The topological polar surface area (TPSA) is 76.1 Å². The van der Waals surface area contributed by atoms with Gasteiger partial charge in [-0.1, -0.05) is 23.7 Å². The first kappa shape index (κ1) is 17.7. The van der Waals surface area contributed by atoms with Crippen LogP contribution >= 0.6 is 11.6 Å². The van der Waals surface area contributed by atoms with Gasteiger partial charge in [0, 0.05) is 34.9 Å². The smallest absolute Gasteiger partial charge is 0.258 e. The fourth-order valence-corrected chi connectivity index (χ4v) is 2.39. The summed E-state index contributed by atoms with van der Waals surface area (Å²) in [5.41, 5.74) is 2.69. The number of halogens is 1. The predicted octanol–water partition coefficient (Wildman–Crippen LogP) is 4.44. The summed E-state index contributed by atoms with van der Waals surface area (Å²) in [5, 5.41) is 6.42. The number of hydrogen-bond donors (Lipinski definition) is 2. The van der Waals surface area contributed by atoms with Gasteiger partial charge in [0.05, 0.1) is 12.7 Å². The highest BCUT2D eigenvalue weighted by molar-refractivity contribution is 6.31. The summed E-state index contributed by atoms with van der Waals surface area (Å²) in [6.07, 6.45) is 2.92. The van der Waals surface area contributed by atoms with Crippen molar-refractivity contribution < 1.29 is 9.53 Å². The Bertz CT molecular complexity index is 929. The van der Waals surface area contributed by atoms with Crippen molar-refractivity contribution in [3.63, 3.8) is 0 Å². The Morgan fingerprint density at radius 1 is 1.08 bits per heavy atom. The van der Waals surface area contributed by atoms with Gasteiger partial charge >= 0.3 is 0 Å². The third kappa shape index (κ3) is 4.29. The Kier molecular flexibility index (Phi) is 5.34. The Morgan fingerprint density at radius 2 is 1.85 bits per heavy atom. The maximum Gasteiger partial charge on any atom is 0.258 e. The van der Waals surface area contributed by atoms with Crippen LogP contribution in [0, 0.1) is 6.92 Å². The summed E-state index contributed by atoms with van der Waals surface area (Å²) in [7, 11) is 1.60. The van der Waals surface area contributed by atoms with Gasteiger partial charge in [0.2, 0.25) is 5.95 Å². The maximum absolute atomic E-state index is 12.3. The molecule has 0 atom stereocenters. The van der Waals surface area contributed by atoms with Gasteiger partial charge in [-0.25, -0.2) is 9.97 Å². The van der Waals surface area contributed by atoms with Crippen molar-refractivity contribution in [3.8, 4) is 5.75 Å². The Balaban J connectivity index is 1.68. The zero-order valence-electron chi connectivity index (χ0n) is 14.3. The van der Waals surface area contributed by atoms with Gasteiger partial charge in [-0.3, -0.25) is 4.79 Å². The molecule has 0 aliphatic rings.